The number of nitrogens with two attached hydrogens (primary N) is 1. The van der Waals surface area contributed by atoms with Crippen molar-refractivity contribution in [3.63, 3.8) is 0 Å². The molecule has 1 aromatic carbocycles. The van der Waals surface area contributed by atoms with Crippen LogP contribution in [-0.4, -0.2) is 40.4 Å². The summed E-state index contributed by atoms with van der Waals surface area (Å²) in [7, 11) is 1.79. The number of fused-ring (bicyclic) bond motifs is 1. The number of pyridine rings is 1. The second-order valence-electron chi connectivity index (χ2n) is 6.00. The zero-order valence-electron chi connectivity index (χ0n) is 13.8. The van der Waals surface area contributed by atoms with Crippen LogP contribution in [0, 0.1) is 0 Å². The minimum Gasteiger partial charge on any atom is -0.361 e. The minimum absolute atomic E-state index is 0.0452. The minimum atomic E-state index is -0.544. The van der Waals surface area contributed by atoms with Crippen LogP contribution < -0.4 is 5.73 Å². The molecule has 1 amide bonds. The predicted octanol–water partition coefficient (Wildman–Crippen LogP) is 2.13. The van der Waals surface area contributed by atoms with Crippen molar-refractivity contribution in [1.82, 2.24) is 14.9 Å². The van der Waals surface area contributed by atoms with Gasteiger partial charge in [-0.25, -0.2) is 0 Å². The van der Waals surface area contributed by atoms with Gasteiger partial charge in [0, 0.05) is 49.0 Å². The number of hydrogen-bond donors (Lipinski definition) is 2. The summed E-state index contributed by atoms with van der Waals surface area (Å²) in [4.78, 5) is 21.7. The summed E-state index contributed by atoms with van der Waals surface area (Å²) in [6.07, 6.45) is 4.95. The van der Waals surface area contributed by atoms with Crippen molar-refractivity contribution in [3.05, 3.63) is 66.1 Å². The standard InChI is InChI=1S/C19H22N4O/c1-23(11-9-15-6-4-5-10-21-15)19(24)17(20)12-14-13-22-18-8-3-2-7-16(14)18/h2-8,10,13,17,22H,9,11-12,20H2,1H3/t17-/m0/s1. The Morgan fingerprint density at radius 3 is 2.83 bits per heavy atom. The Balaban J connectivity index is 1.59. The van der Waals surface area contributed by atoms with Gasteiger partial charge in [0.1, 0.15) is 0 Å². The smallest absolute Gasteiger partial charge is 0.239 e. The van der Waals surface area contributed by atoms with E-state index in [-0.39, 0.29) is 5.91 Å². The molecule has 2 heterocycles. The largest absolute Gasteiger partial charge is 0.361 e. The normalized spacial score (nSPS) is 12.2. The predicted molar refractivity (Wildman–Crippen MR) is 95.6 cm³/mol. The van der Waals surface area contributed by atoms with Crippen molar-refractivity contribution in [2.75, 3.05) is 13.6 Å². The highest BCUT2D eigenvalue weighted by Crippen LogP contribution is 2.19. The Bertz CT molecular complexity index is 812. The summed E-state index contributed by atoms with van der Waals surface area (Å²) in [6, 6.07) is 13.3. The molecule has 124 valence electrons. The van der Waals surface area contributed by atoms with Gasteiger partial charge in [-0.2, -0.15) is 0 Å². The van der Waals surface area contributed by atoms with E-state index in [0.717, 1.165) is 28.6 Å². The first-order chi connectivity index (χ1) is 11.6. The summed E-state index contributed by atoms with van der Waals surface area (Å²) in [5.74, 6) is -0.0452. The quantitative estimate of drug-likeness (QED) is 0.730. The number of nitrogens with zero attached hydrogens (tertiary/aromatic N) is 2. The number of para-hydroxylation sites is 1. The van der Waals surface area contributed by atoms with Gasteiger partial charge in [0.15, 0.2) is 0 Å². The number of benzene rings is 1. The van der Waals surface area contributed by atoms with Crippen molar-refractivity contribution in [2.24, 2.45) is 5.73 Å². The van der Waals surface area contributed by atoms with Crippen LogP contribution in [0.1, 0.15) is 11.3 Å². The zero-order valence-corrected chi connectivity index (χ0v) is 13.8. The molecule has 0 spiro atoms. The molecule has 0 aliphatic rings. The number of nitrogens with one attached hydrogen (secondary N) is 1. The number of aromatic amines is 1. The summed E-state index contributed by atoms with van der Waals surface area (Å²) >= 11 is 0. The average Bonchev–Trinajstić information content (AvgIpc) is 3.03. The lowest BCUT2D eigenvalue weighted by molar-refractivity contribution is -0.131. The lowest BCUT2D eigenvalue weighted by Crippen LogP contribution is -2.43. The van der Waals surface area contributed by atoms with Crippen LogP contribution in [0.3, 0.4) is 0 Å². The van der Waals surface area contributed by atoms with Crippen LogP contribution in [0.2, 0.25) is 0 Å². The summed E-state index contributed by atoms with van der Waals surface area (Å²) in [5.41, 5.74) is 9.26. The molecule has 0 bridgehead atoms. The van der Waals surface area contributed by atoms with Gasteiger partial charge in [0.05, 0.1) is 6.04 Å². The van der Waals surface area contributed by atoms with Gasteiger partial charge in [-0.15, -0.1) is 0 Å². The van der Waals surface area contributed by atoms with E-state index < -0.39 is 6.04 Å². The summed E-state index contributed by atoms with van der Waals surface area (Å²) in [6.45, 7) is 0.609. The lowest BCUT2D eigenvalue weighted by atomic mass is 10.0. The topological polar surface area (TPSA) is 75.0 Å². The fourth-order valence-corrected chi connectivity index (χ4v) is 2.85. The molecule has 5 heteroatoms. The average molecular weight is 322 g/mol. The Morgan fingerprint density at radius 2 is 2.04 bits per heavy atom. The van der Waals surface area contributed by atoms with E-state index >= 15 is 0 Å². The van der Waals surface area contributed by atoms with Crippen LogP contribution in [0.5, 0.6) is 0 Å². The number of rotatable bonds is 6. The fraction of sp³-hybridized carbons (Fsp3) is 0.263. The van der Waals surface area contributed by atoms with E-state index in [1.807, 2.05) is 48.7 Å². The zero-order chi connectivity index (χ0) is 16.9. The first-order valence-corrected chi connectivity index (χ1v) is 8.10. The van der Waals surface area contributed by atoms with Gasteiger partial charge in [0.25, 0.3) is 0 Å². The molecule has 5 nitrogen and oxygen atoms in total. The molecule has 0 unspecified atom stereocenters. The van der Waals surface area contributed by atoms with Crippen LogP contribution in [0.15, 0.2) is 54.9 Å². The second kappa shape index (κ2) is 7.27. The first-order valence-electron chi connectivity index (χ1n) is 8.10. The maximum Gasteiger partial charge on any atom is 0.239 e. The number of H-pyrrole nitrogens is 1. The highest BCUT2D eigenvalue weighted by molar-refractivity contribution is 5.86. The first kappa shape index (κ1) is 16.2. The van der Waals surface area contributed by atoms with Gasteiger partial charge in [-0.3, -0.25) is 9.78 Å². The van der Waals surface area contributed by atoms with E-state index in [1.54, 1.807) is 18.1 Å². The van der Waals surface area contributed by atoms with Gasteiger partial charge >= 0.3 is 0 Å². The maximum atomic E-state index is 12.5. The molecule has 0 aliphatic carbocycles. The highest BCUT2D eigenvalue weighted by Gasteiger charge is 2.19. The third-order valence-corrected chi connectivity index (χ3v) is 4.24. The Hall–Kier alpha value is -2.66. The number of aromatic nitrogens is 2. The van der Waals surface area contributed by atoms with Crippen molar-refractivity contribution >= 4 is 16.8 Å². The lowest BCUT2D eigenvalue weighted by Gasteiger charge is -2.21. The number of carbonyl (C=O) groups is 1. The van der Waals surface area contributed by atoms with Crippen molar-refractivity contribution in [2.45, 2.75) is 18.9 Å². The van der Waals surface area contributed by atoms with Crippen LogP contribution in [-0.2, 0) is 17.6 Å². The molecule has 0 radical (unpaired) electrons. The van der Waals surface area contributed by atoms with E-state index in [0.29, 0.717) is 13.0 Å². The number of carbonyl (C=O) groups excluding carboxylic acids is 1. The monoisotopic (exact) mass is 322 g/mol. The van der Waals surface area contributed by atoms with Crippen LogP contribution >= 0.6 is 0 Å². The molecule has 3 rings (SSSR count). The molecule has 0 saturated heterocycles. The SMILES string of the molecule is CN(CCc1ccccn1)C(=O)[C@@H](N)Cc1c[nH]c2ccccc12. The molecule has 3 aromatic rings. The van der Waals surface area contributed by atoms with Crippen molar-refractivity contribution in [1.29, 1.82) is 0 Å². The Morgan fingerprint density at radius 1 is 1.25 bits per heavy atom. The molecule has 24 heavy (non-hydrogen) atoms. The molecule has 0 saturated carbocycles. The van der Waals surface area contributed by atoms with Gasteiger partial charge in [0.2, 0.25) is 5.91 Å². The van der Waals surface area contributed by atoms with E-state index in [1.165, 1.54) is 0 Å². The van der Waals surface area contributed by atoms with Crippen molar-refractivity contribution in [3.8, 4) is 0 Å². The highest BCUT2D eigenvalue weighted by atomic mass is 16.2. The van der Waals surface area contributed by atoms with E-state index in [4.69, 9.17) is 5.73 Å². The molecular weight excluding hydrogens is 300 g/mol. The van der Waals surface area contributed by atoms with Crippen molar-refractivity contribution < 1.29 is 4.79 Å². The Labute approximate surface area is 141 Å². The maximum absolute atomic E-state index is 12.5. The Kier molecular flexibility index (Phi) is 4.91. The molecule has 2 aromatic heterocycles. The van der Waals surface area contributed by atoms with Gasteiger partial charge in [-0.05, 0) is 30.2 Å². The van der Waals surface area contributed by atoms with Gasteiger partial charge in [-0.1, -0.05) is 24.3 Å². The molecule has 3 N–H and O–H groups in total. The van der Waals surface area contributed by atoms with Crippen LogP contribution in [0.4, 0.5) is 0 Å². The van der Waals surface area contributed by atoms with E-state index in [9.17, 15) is 4.79 Å². The molecule has 0 fully saturated rings. The van der Waals surface area contributed by atoms with Gasteiger partial charge < -0.3 is 15.6 Å². The number of amides is 1. The van der Waals surface area contributed by atoms with Crippen LogP contribution in [0.25, 0.3) is 10.9 Å². The number of likely N-dealkylation sites (N-methyl/N-ethyl adjacent to an activating group) is 1. The second-order valence-corrected chi connectivity index (χ2v) is 6.00. The third-order valence-electron chi connectivity index (χ3n) is 4.24. The third kappa shape index (κ3) is 3.63. The molecular formula is C19H22N4O. The molecule has 0 aliphatic heterocycles. The molecule has 1 atom stereocenters. The number of hydrogen-bond acceptors (Lipinski definition) is 3. The summed E-state index contributed by atoms with van der Waals surface area (Å²) in [5, 5.41) is 1.12. The fourth-order valence-electron chi connectivity index (χ4n) is 2.85. The summed E-state index contributed by atoms with van der Waals surface area (Å²) < 4.78 is 0. The van der Waals surface area contributed by atoms with E-state index in [2.05, 4.69) is 9.97 Å².